The number of nitrogens with one attached hydrogen (secondary N) is 2. The molecule has 1 aromatic heterocycles. The normalized spacial score (nSPS) is 11.2. The van der Waals surface area contributed by atoms with E-state index in [0.717, 1.165) is 22.7 Å². The summed E-state index contributed by atoms with van der Waals surface area (Å²) < 4.78 is 0. The van der Waals surface area contributed by atoms with Crippen molar-refractivity contribution in [2.75, 3.05) is 5.32 Å². The highest BCUT2D eigenvalue weighted by molar-refractivity contribution is 5.79. The average Bonchev–Trinajstić information content (AvgIpc) is 2.80. The SMILES string of the molecule is Cc1ccc2nc(Nc3ccc(C(C)C)cc3)[nH]c2c1. The van der Waals surface area contributed by atoms with Crippen LogP contribution in [0.5, 0.6) is 0 Å². The third kappa shape index (κ3) is 2.52. The maximum atomic E-state index is 4.54. The first-order chi connectivity index (χ1) is 9.61. The molecule has 0 amide bonds. The number of aryl methyl sites for hydroxylation is 1. The summed E-state index contributed by atoms with van der Waals surface area (Å²) in [5, 5.41) is 3.31. The van der Waals surface area contributed by atoms with Crippen molar-refractivity contribution in [3.05, 3.63) is 53.6 Å². The molecule has 102 valence electrons. The molecule has 3 heteroatoms. The predicted molar refractivity (Wildman–Crippen MR) is 84.6 cm³/mol. The number of nitrogens with zero attached hydrogens (tertiary/aromatic N) is 1. The van der Waals surface area contributed by atoms with Crippen LogP contribution in [0.1, 0.15) is 30.9 Å². The molecular formula is C17H19N3. The number of hydrogen-bond donors (Lipinski definition) is 2. The maximum Gasteiger partial charge on any atom is 0.205 e. The summed E-state index contributed by atoms with van der Waals surface area (Å²) in [6.07, 6.45) is 0. The molecular weight excluding hydrogens is 246 g/mol. The summed E-state index contributed by atoms with van der Waals surface area (Å²) >= 11 is 0. The van der Waals surface area contributed by atoms with Gasteiger partial charge in [0.05, 0.1) is 11.0 Å². The molecule has 2 N–H and O–H groups in total. The maximum absolute atomic E-state index is 4.54. The zero-order chi connectivity index (χ0) is 14.1. The van der Waals surface area contributed by atoms with Crippen molar-refractivity contribution in [3.63, 3.8) is 0 Å². The van der Waals surface area contributed by atoms with Gasteiger partial charge < -0.3 is 10.3 Å². The fourth-order valence-corrected chi connectivity index (χ4v) is 2.27. The minimum absolute atomic E-state index is 0.554. The summed E-state index contributed by atoms with van der Waals surface area (Å²) in [6, 6.07) is 14.7. The third-order valence-corrected chi connectivity index (χ3v) is 3.48. The number of aromatic amines is 1. The van der Waals surface area contributed by atoms with E-state index in [-0.39, 0.29) is 0 Å². The fourth-order valence-electron chi connectivity index (χ4n) is 2.27. The van der Waals surface area contributed by atoms with E-state index >= 15 is 0 Å². The second kappa shape index (κ2) is 5.00. The van der Waals surface area contributed by atoms with Gasteiger partial charge in [-0.2, -0.15) is 0 Å². The van der Waals surface area contributed by atoms with Crippen LogP contribution in [0.2, 0.25) is 0 Å². The van der Waals surface area contributed by atoms with Crippen molar-refractivity contribution in [3.8, 4) is 0 Å². The lowest BCUT2D eigenvalue weighted by Gasteiger charge is -2.07. The number of benzene rings is 2. The molecule has 0 aliphatic rings. The van der Waals surface area contributed by atoms with Gasteiger partial charge in [-0.25, -0.2) is 4.98 Å². The van der Waals surface area contributed by atoms with Crippen molar-refractivity contribution in [1.29, 1.82) is 0 Å². The monoisotopic (exact) mass is 265 g/mol. The quantitative estimate of drug-likeness (QED) is 0.718. The highest BCUT2D eigenvalue weighted by Gasteiger charge is 2.04. The van der Waals surface area contributed by atoms with Gasteiger partial charge in [-0.1, -0.05) is 32.0 Å². The molecule has 2 aromatic carbocycles. The molecule has 20 heavy (non-hydrogen) atoms. The molecule has 0 saturated carbocycles. The molecule has 0 saturated heterocycles. The number of rotatable bonds is 3. The van der Waals surface area contributed by atoms with Gasteiger partial charge in [-0.05, 0) is 48.2 Å². The minimum Gasteiger partial charge on any atom is -0.326 e. The Labute approximate surface area is 119 Å². The van der Waals surface area contributed by atoms with Gasteiger partial charge in [-0.3, -0.25) is 0 Å². The number of imidazole rings is 1. The zero-order valence-electron chi connectivity index (χ0n) is 12.1. The Bertz CT molecular complexity index is 724. The van der Waals surface area contributed by atoms with E-state index in [1.165, 1.54) is 11.1 Å². The first-order valence-corrected chi connectivity index (χ1v) is 6.95. The van der Waals surface area contributed by atoms with Crippen molar-refractivity contribution < 1.29 is 0 Å². The Balaban J connectivity index is 1.85. The van der Waals surface area contributed by atoms with E-state index in [1.807, 2.05) is 6.07 Å². The van der Waals surface area contributed by atoms with E-state index in [0.29, 0.717) is 5.92 Å². The van der Waals surface area contributed by atoms with Crippen molar-refractivity contribution >= 4 is 22.7 Å². The molecule has 0 aliphatic heterocycles. The predicted octanol–water partition coefficient (Wildman–Crippen LogP) is 4.74. The number of anilines is 2. The molecule has 0 radical (unpaired) electrons. The first-order valence-electron chi connectivity index (χ1n) is 6.95. The summed E-state index contributed by atoms with van der Waals surface area (Å²) in [7, 11) is 0. The summed E-state index contributed by atoms with van der Waals surface area (Å²) in [6.45, 7) is 6.48. The lowest BCUT2D eigenvalue weighted by molar-refractivity contribution is 0.867. The molecule has 3 aromatic rings. The molecule has 1 heterocycles. The molecule has 0 spiro atoms. The van der Waals surface area contributed by atoms with E-state index in [2.05, 4.69) is 72.5 Å². The largest absolute Gasteiger partial charge is 0.326 e. The van der Waals surface area contributed by atoms with Crippen molar-refractivity contribution in [1.82, 2.24) is 9.97 Å². The van der Waals surface area contributed by atoms with Crippen LogP contribution in [0.25, 0.3) is 11.0 Å². The highest BCUT2D eigenvalue weighted by atomic mass is 15.1. The highest BCUT2D eigenvalue weighted by Crippen LogP contribution is 2.21. The molecule has 3 rings (SSSR count). The lowest BCUT2D eigenvalue weighted by Crippen LogP contribution is -1.93. The van der Waals surface area contributed by atoms with Crippen LogP contribution in [-0.2, 0) is 0 Å². The standard InChI is InChI=1S/C17H19N3/c1-11(2)13-5-7-14(8-6-13)18-17-19-15-9-4-12(3)10-16(15)20-17/h4-11H,1-3H3,(H2,18,19,20). The Morgan fingerprint density at radius 3 is 2.50 bits per heavy atom. The number of hydrogen-bond acceptors (Lipinski definition) is 2. The van der Waals surface area contributed by atoms with Gasteiger partial charge in [0.25, 0.3) is 0 Å². The van der Waals surface area contributed by atoms with E-state index in [9.17, 15) is 0 Å². The van der Waals surface area contributed by atoms with Crippen LogP contribution in [0, 0.1) is 6.92 Å². The Morgan fingerprint density at radius 1 is 1.05 bits per heavy atom. The van der Waals surface area contributed by atoms with Gasteiger partial charge in [0, 0.05) is 5.69 Å². The summed E-state index contributed by atoms with van der Waals surface area (Å²) in [5.41, 5.74) is 5.66. The van der Waals surface area contributed by atoms with Crippen LogP contribution >= 0.6 is 0 Å². The first kappa shape index (κ1) is 12.7. The Hall–Kier alpha value is -2.29. The summed E-state index contributed by atoms with van der Waals surface area (Å²) in [4.78, 5) is 7.84. The Morgan fingerprint density at radius 2 is 1.80 bits per heavy atom. The van der Waals surface area contributed by atoms with E-state index < -0.39 is 0 Å². The molecule has 0 atom stereocenters. The van der Waals surface area contributed by atoms with Crippen LogP contribution in [0.15, 0.2) is 42.5 Å². The summed E-state index contributed by atoms with van der Waals surface area (Å²) in [5.74, 6) is 1.33. The third-order valence-electron chi connectivity index (χ3n) is 3.48. The van der Waals surface area contributed by atoms with Gasteiger partial charge >= 0.3 is 0 Å². The molecule has 0 unspecified atom stereocenters. The molecule has 0 fully saturated rings. The number of aromatic nitrogens is 2. The van der Waals surface area contributed by atoms with E-state index in [1.54, 1.807) is 0 Å². The van der Waals surface area contributed by atoms with Crippen LogP contribution < -0.4 is 5.32 Å². The van der Waals surface area contributed by atoms with Crippen LogP contribution in [-0.4, -0.2) is 9.97 Å². The minimum atomic E-state index is 0.554. The van der Waals surface area contributed by atoms with Crippen LogP contribution in [0.3, 0.4) is 0 Å². The Kier molecular flexibility index (Phi) is 3.18. The van der Waals surface area contributed by atoms with Gasteiger partial charge in [0.1, 0.15) is 0 Å². The van der Waals surface area contributed by atoms with Gasteiger partial charge in [0.15, 0.2) is 0 Å². The smallest absolute Gasteiger partial charge is 0.205 e. The zero-order valence-corrected chi connectivity index (χ0v) is 12.1. The van der Waals surface area contributed by atoms with Gasteiger partial charge in [0.2, 0.25) is 5.95 Å². The number of fused-ring (bicyclic) bond motifs is 1. The topological polar surface area (TPSA) is 40.7 Å². The van der Waals surface area contributed by atoms with Gasteiger partial charge in [-0.15, -0.1) is 0 Å². The fraction of sp³-hybridized carbons (Fsp3) is 0.235. The molecule has 3 nitrogen and oxygen atoms in total. The van der Waals surface area contributed by atoms with Crippen molar-refractivity contribution in [2.45, 2.75) is 26.7 Å². The van der Waals surface area contributed by atoms with E-state index in [4.69, 9.17) is 0 Å². The average molecular weight is 265 g/mol. The lowest BCUT2D eigenvalue weighted by atomic mass is 10.0. The second-order valence-electron chi connectivity index (χ2n) is 5.51. The molecule has 0 bridgehead atoms. The number of H-pyrrole nitrogens is 1. The second-order valence-corrected chi connectivity index (χ2v) is 5.51. The van der Waals surface area contributed by atoms with Crippen molar-refractivity contribution in [2.24, 2.45) is 0 Å². The molecule has 0 aliphatic carbocycles. The van der Waals surface area contributed by atoms with Crippen LogP contribution in [0.4, 0.5) is 11.6 Å².